The molecule has 0 unspecified atom stereocenters. The van der Waals surface area contributed by atoms with Crippen LogP contribution in [-0.4, -0.2) is 35.1 Å². The van der Waals surface area contributed by atoms with Crippen LogP contribution in [0.2, 0.25) is 5.02 Å². The number of anilines is 1. The Balaban J connectivity index is 1.61. The van der Waals surface area contributed by atoms with E-state index in [4.69, 9.17) is 11.6 Å². The number of nitriles is 1. The molecule has 1 heterocycles. The maximum Gasteiger partial charge on any atom is 0.416 e. The number of hydrogen-bond donors (Lipinski definition) is 1. The van der Waals surface area contributed by atoms with Crippen molar-refractivity contribution < 1.29 is 23.1 Å². The zero-order valence-electron chi connectivity index (χ0n) is 19.2. The highest BCUT2D eigenvalue weighted by molar-refractivity contribution is 6.32. The second-order valence-electron chi connectivity index (χ2n) is 8.74. The molecular weight excluding hydrogens is 491 g/mol. The van der Waals surface area contributed by atoms with Crippen molar-refractivity contribution in [2.24, 2.45) is 0 Å². The van der Waals surface area contributed by atoms with Crippen LogP contribution in [0.15, 0.2) is 66.7 Å². The number of alkyl halides is 3. The molecule has 3 aromatic carbocycles. The maximum absolute atomic E-state index is 13.7. The Hall–Kier alpha value is -3.54. The Bertz CT molecular complexity index is 1310. The summed E-state index contributed by atoms with van der Waals surface area (Å²) in [6, 6.07) is 19.0. The fourth-order valence-corrected chi connectivity index (χ4v) is 4.81. The summed E-state index contributed by atoms with van der Waals surface area (Å²) in [5.41, 5.74) is 1.46. The largest absolute Gasteiger partial charge is 0.478 e. The molecule has 1 atom stereocenters. The summed E-state index contributed by atoms with van der Waals surface area (Å²) in [7, 11) is 0. The van der Waals surface area contributed by atoms with Crippen LogP contribution in [0, 0.1) is 11.3 Å². The van der Waals surface area contributed by atoms with Gasteiger partial charge in [0.15, 0.2) is 0 Å². The molecule has 1 saturated heterocycles. The van der Waals surface area contributed by atoms with Crippen LogP contribution in [0.5, 0.6) is 0 Å². The van der Waals surface area contributed by atoms with Crippen LogP contribution in [0.1, 0.15) is 39.0 Å². The molecule has 0 spiro atoms. The highest BCUT2D eigenvalue weighted by atomic mass is 35.5. The van der Waals surface area contributed by atoms with E-state index in [1.54, 1.807) is 36.4 Å². The molecule has 186 valence electrons. The number of halogens is 4. The highest BCUT2D eigenvalue weighted by Gasteiger charge is 2.35. The number of carboxylic acids is 1. The SMILES string of the molecule is N#Cc1ccc(N(Cc2ccccc2C(F)(F)F)[C@H]2CCN(Cc3cccc(C(=O)O)c3)C2)cc1Cl. The molecule has 0 aromatic heterocycles. The highest BCUT2D eigenvalue weighted by Crippen LogP contribution is 2.35. The van der Waals surface area contributed by atoms with E-state index < -0.39 is 17.7 Å². The van der Waals surface area contributed by atoms with Gasteiger partial charge in [0.25, 0.3) is 0 Å². The third-order valence-electron chi connectivity index (χ3n) is 6.34. The molecule has 1 aliphatic heterocycles. The Morgan fingerprint density at radius 3 is 2.61 bits per heavy atom. The molecule has 0 amide bonds. The lowest BCUT2D eigenvalue weighted by Gasteiger charge is -2.32. The molecule has 1 N–H and O–H groups in total. The standard InChI is InChI=1S/C27H23ClF3N3O2/c28-25-13-22(9-8-20(25)14-32)34(16-21-5-1-2-7-24(21)27(29,30)31)23-10-11-33(17-23)15-18-4-3-6-19(12-18)26(35)36/h1-9,12-13,23H,10-11,15-17H2,(H,35,36)/t23-/m0/s1. The van der Waals surface area contributed by atoms with E-state index in [0.29, 0.717) is 37.3 Å². The van der Waals surface area contributed by atoms with Gasteiger partial charge in [-0.25, -0.2) is 4.79 Å². The van der Waals surface area contributed by atoms with Crippen molar-refractivity contribution in [1.82, 2.24) is 4.90 Å². The van der Waals surface area contributed by atoms with Gasteiger partial charge in [-0.3, -0.25) is 4.90 Å². The first-order chi connectivity index (χ1) is 17.2. The van der Waals surface area contributed by atoms with E-state index in [1.165, 1.54) is 18.2 Å². The lowest BCUT2D eigenvalue weighted by atomic mass is 10.0. The molecule has 3 aromatic rings. The molecule has 4 rings (SSSR count). The number of hydrogen-bond acceptors (Lipinski definition) is 4. The monoisotopic (exact) mass is 513 g/mol. The van der Waals surface area contributed by atoms with Crippen molar-refractivity contribution in [3.63, 3.8) is 0 Å². The molecule has 0 saturated carbocycles. The van der Waals surface area contributed by atoms with Crippen molar-refractivity contribution in [2.75, 3.05) is 18.0 Å². The summed E-state index contributed by atoms with van der Waals surface area (Å²) in [6.07, 6.45) is -3.79. The van der Waals surface area contributed by atoms with Gasteiger partial charge in [0.05, 0.1) is 21.7 Å². The molecule has 36 heavy (non-hydrogen) atoms. The normalized spacial score (nSPS) is 16.0. The first-order valence-electron chi connectivity index (χ1n) is 11.3. The van der Waals surface area contributed by atoms with Crippen molar-refractivity contribution in [3.8, 4) is 6.07 Å². The molecular formula is C27H23ClF3N3O2. The van der Waals surface area contributed by atoms with Gasteiger partial charge in [0, 0.05) is 37.9 Å². The van der Waals surface area contributed by atoms with Gasteiger partial charge >= 0.3 is 12.1 Å². The van der Waals surface area contributed by atoms with Crippen LogP contribution in [0.4, 0.5) is 18.9 Å². The minimum Gasteiger partial charge on any atom is -0.478 e. The fourth-order valence-electron chi connectivity index (χ4n) is 4.59. The molecule has 0 bridgehead atoms. The van der Waals surface area contributed by atoms with E-state index in [0.717, 1.165) is 11.6 Å². The molecule has 0 radical (unpaired) electrons. The summed E-state index contributed by atoms with van der Waals surface area (Å²) < 4.78 is 41.1. The van der Waals surface area contributed by atoms with Crippen LogP contribution in [-0.2, 0) is 19.3 Å². The van der Waals surface area contributed by atoms with Gasteiger partial charge in [-0.2, -0.15) is 18.4 Å². The first-order valence-corrected chi connectivity index (χ1v) is 11.7. The van der Waals surface area contributed by atoms with Gasteiger partial charge in [0.1, 0.15) is 6.07 Å². The molecule has 0 aliphatic carbocycles. The van der Waals surface area contributed by atoms with E-state index in [-0.39, 0.29) is 28.7 Å². The van der Waals surface area contributed by atoms with Crippen LogP contribution >= 0.6 is 11.6 Å². The number of likely N-dealkylation sites (tertiary alicyclic amines) is 1. The topological polar surface area (TPSA) is 67.6 Å². The Morgan fingerprint density at radius 2 is 1.92 bits per heavy atom. The second kappa shape index (κ2) is 10.6. The number of rotatable bonds is 7. The average Bonchev–Trinajstić information content (AvgIpc) is 3.30. The predicted molar refractivity (Wildman–Crippen MR) is 131 cm³/mol. The van der Waals surface area contributed by atoms with Gasteiger partial charge in [-0.1, -0.05) is 41.9 Å². The number of nitrogens with zero attached hydrogens (tertiary/aromatic N) is 3. The average molecular weight is 514 g/mol. The fraction of sp³-hybridized carbons (Fsp3) is 0.259. The number of benzene rings is 3. The molecule has 5 nitrogen and oxygen atoms in total. The lowest BCUT2D eigenvalue weighted by Crippen LogP contribution is -2.37. The van der Waals surface area contributed by atoms with E-state index in [9.17, 15) is 28.3 Å². The first kappa shape index (κ1) is 25.5. The van der Waals surface area contributed by atoms with Crippen molar-refractivity contribution in [1.29, 1.82) is 5.26 Å². The summed E-state index contributed by atoms with van der Waals surface area (Å²) in [6.45, 7) is 1.82. The Morgan fingerprint density at radius 1 is 1.14 bits per heavy atom. The van der Waals surface area contributed by atoms with Crippen molar-refractivity contribution in [3.05, 3.63) is 99.6 Å². The third-order valence-corrected chi connectivity index (χ3v) is 6.65. The van der Waals surface area contributed by atoms with Crippen molar-refractivity contribution >= 4 is 23.3 Å². The van der Waals surface area contributed by atoms with Crippen LogP contribution in [0.25, 0.3) is 0 Å². The van der Waals surface area contributed by atoms with E-state index in [2.05, 4.69) is 4.90 Å². The second-order valence-corrected chi connectivity index (χ2v) is 9.15. The Labute approximate surface area is 211 Å². The summed E-state index contributed by atoms with van der Waals surface area (Å²) >= 11 is 6.28. The van der Waals surface area contributed by atoms with Gasteiger partial charge < -0.3 is 10.0 Å². The number of aromatic carboxylic acids is 1. The van der Waals surface area contributed by atoms with E-state index >= 15 is 0 Å². The summed E-state index contributed by atoms with van der Waals surface area (Å²) in [5.74, 6) is -0.997. The summed E-state index contributed by atoms with van der Waals surface area (Å²) in [4.78, 5) is 15.4. The molecule has 9 heteroatoms. The molecule has 1 fully saturated rings. The number of carboxylic acid groups (broad SMARTS) is 1. The zero-order chi connectivity index (χ0) is 25.9. The lowest BCUT2D eigenvalue weighted by molar-refractivity contribution is -0.138. The smallest absolute Gasteiger partial charge is 0.416 e. The van der Waals surface area contributed by atoms with Crippen molar-refractivity contribution in [2.45, 2.75) is 31.7 Å². The molecule has 1 aliphatic rings. The number of carbonyl (C=O) groups is 1. The quantitative estimate of drug-likeness (QED) is 0.407. The zero-order valence-corrected chi connectivity index (χ0v) is 19.9. The maximum atomic E-state index is 13.7. The third kappa shape index (κ3) is 5.81. The minimum absolute atomic E-state index is 0.0188. The predicted octanol–water partition coefficient (Wildman–Crippen LogP) is 6.21. The van der Waals surface area contributed by atoms with Gasteiger partial charge in [-0.05, 0) is 53.9 Å². The van der Waals surface area contributed by atoms with Crippen LogP contribution in [0.3, 0.4) is 0 Å². The van der Waals surface area contributed by atoms with E-state index in [1.807, 2.05) is 17.0 Å². The van der Waals surface area contributed by atoms with Crippen LogP contribution < -0.4 is 4.90 Å². The Kier molecular flexibility index (Phi) is 7.53. The van der Waals surface area contributed by atoms with Gasteiger partial charge in [0.2, 0.25) is 0 Å². The van der Waals surface area contributed by atoms with Gasteiger partial charge in [-0.15, -0.1) is 0 Å². The summed E-state index contributed by atoms with van der Waals surface area (Å²) in [5, 5.41) is 18.7. The minimum atomic E-state index is -4.48.